The first-order chi connectivity index (χ1) is 13.9. The summed E-state index contributed by atoms with van der Waals surface area (Å²) in [6, 6.07) is 4.63. The largest absolute Gasteiger partial charge is 0.394 e. The van der Waals surface area contributed by atoms with Gasteiger partial charge in [-0.15, -0.1) is 5.10 Å². The summed E-state index contributed by atoms with van der Waals surface area (Å²) >= 11 is 5.43. The summed E-state index contributed by atoms with van der Waals surface area (Å²) in [5, 5.41) is 38.9. The van der Waals surface area contributed by atoms with E-state index in [0.29, 0.717) is 11.3 Å². The SMILES string of the molecule is CN(C(=O)/C=C\Cl)[C@@H]1OC(CO)[C@H](O)[C@H](n2cc(-c3cccc(F)c3)nn2)C1O. The standard InChI is InChI=1S/C18H20ClFN4O5/c1-23(14(26)5-6-19)18-17(28)15(16(27)13(9-25)29-18)24-8-12(21-22-24)10-3-2-4-11(20)7-10/h2-8,13,15-18,25,27-28H,9H2,1H3/b6-5-/t13?,15-,16-,17?,18+/m0/s1. The molecule has 1 saturated heterocycles. The van der Waals surface area contributed by atoms with E-state index in [9.17, 15) is 24.5 Å². The Bertz CT molecular complexity index is 895. The van der Waals surface area contributed by atoms with Crippen LogP contribution >= 0.6 is 11.6 Å². The number of rotatable bonds is 5. The van der Waals surface area contributed by atoms with Crippen molar-refractivity contribution in [1.82, 2.24) is 19.9 Å². The summed E-state index contributed by atoms with van der Waals surface area (Å²) in [6.07, 6.45) is -2.53. The van der Waals surface area contributed by atoms with Gasteiger partial charge in [0.1, 0.15) is 35.9 Å². The van der Waals surface area contributed by atoms with E-state index in [-0.39, 0.29) is 0 Å². The van der Waals surface area contributed by atoms with Gasteiger partial charge in [-0.25, -0.2) is 9.07 Å². The van der Waals surface area contributed by atoms with Gasteiger partial charge >= 0.3 is 0 Å². The monoisotopic (exact) mass is 426 g/mol. The maximum atomic E-state index is 13.5. The minimum atomic E-state index is -1.41. The third kappa shape index (κ3) is 4.31. The second-order valence-electron chi connectivity index (χ2n) is 6.56. The normalized spacial score (nSPS) is 27.3. The quantitative estimate of drug-likeness (QED) is 0.587. The van der Waals surface area contributed by atoms with Crippen LogP contribution in [0.15, 0.2) is 42.1 Å². The van der Waals surface area contributed by atoms with Gasteiger partial charge in [-0.05, 0) is 12.1 Å². The maximum Gasteiger partial charge on any atom is 0.249 e. The Hall–Kier alpha value is -2.37. The molecule has 1 aliphatic heterocycles. The van der Waals surface area contributed by atoms with E-state index < -0.39 is 48.9 Å². The number of benzene rings is 1. The average molecular weight is 427 g/mol. The van der Waals surface area contributed by atoms with Crippen molar-refractivity contribution >= 4 is 17.5 Å². The fourth-order valence-corrected chi connectivity index (χ4v) is 3.32. The van der Waals surface area contributed by atoms with E-state index in [2.05, 4.69) is 10.3 Å². The molecule has 0 saturated carbocycles. The molecule has 9 nitrogen and oxygen atoms in total. The van der Waals surface area contributed by atoms with Crippen LogP contribution in [0.2, 0.25) is 0 Å². The van der Waals surface area contributed by atoms with Crippen LogP contribution in [0.3, 0.4) is 0 Å². The Labute approximate surface area is 170 Å². The first-order valence-corrected chi connectivity index (χ1v) is 9.14. The molecule has 3 N–H and O–H groups in total. The molecule has 2 unspecified atom stereocenters. The molecule has 1 aromatic carbocycles. The number of hydrogen-bond acceptors (Lipinski definition) is 7. The summed E-state index contributed by atoms with van der Waals surface area (Å²) < 4.78 is 20.2. The number of likely N-dealkylation sites (N-methyl/N-ethyl adjacent to an activating group) is 1. The number of amides is 1. The van der Waals surface area contributed by atoms with E-state index in [1.165, 1.54) is 36.1 Å². The molecule has 0 spiro atoms. The molecule has 2 heterocycles. The van der Waals surface area contributed by atoms with Crippen LogP contribution in [0.1, 0.15) is 6.04 Å². The van der Waals surface area contributed by atoms with Crippen molar-refractivity contribution in [2.75, 3.05) is 13.7 Å². The predicted molar refractivity (Wildman–Crippen MR) is 100.0 cm³/mol. The number of aliphatic hydroxyl groups excluding tert-OH is 3. The van der Waals surface area contributed by atoms with Crippen LogP contribution in [0.25, 0.3) is 11.3 Å². The molecule has 3 rings (SSSR count). The third-order valence-electron chi connectivity index (χ3n) is 4.74. The number of aliphatic hydroxyl groups is 3. The van der Waals surface area contributed by atoms with Crippen molar-refractivity contribution in [3.63, 3.8) is 0 Å². The molecule has 1 aliphatic rings. The van der Waals surface area contributed by atoms with Gasteiger partial charge in [0.2, 0.25) is 5.91 Å². The highest BCUT2D eigenvalue weighted by atomic mass is 35.5. The smallest absolute Gasteiger partial charge is 0.249 e. The van der Waals surface area contributed by atoms with Crippen LogP contribution in [0.4, 0.5) is 4.39 Å². The molecule has 1 amide bonds. The Kier molecular flexibility index (Phi) is 6.60. The summed E-state index contributed by atoms with van der Waals surface area (Å²) in [7, 11) is 1.38. The Balaban J connectivity index is 1.93. The molecule has 2 aromatic rings. The van der Waals surface area contributed by atoms with Gasteiger partial charge < -0.3 is 25.0 Å². The molecule has 1 aromatic heterocycles. The highest BCUT2D eigenvalue weighted by Crippen LogP contribution is 2.32. The highest BCUT2D eigenvalue weighted by molar-refractivity contribution is 6.26. The molecule has 0 bridgehead atoms. The zero-order valence-electron chi connectivity index (χ0n) is 15.3. The lowest BCUT2D eigenvalue weighted by Gasteiger charge is -2.44. The molecule has 0 radical (unpaired) electrons. The van der Waals surface area contributed by atoms with Crippen molar-refractivity contribution in [2.45, 2.75) is 30.6 Å². The number of hydrogen-bond donors (Lipinski definition) is 3. The zero-order chi connectivity index (χ0) is 21.1. The van der Waals surface area contributed by atoms with Crippen LogP contribution in [0, 0.1) is 5.82 Å². The lowest BCUT2D eigenvalue weighted by molar-refractivity contribution is -0.240. The van der Waals surface area contributed by atoms with E-state index >= 15 is 0 Å². The van der Waals surface area contributed by atoms with E-state index in [0.717, 1.165) is 16.5 Å². The summed E-state index contributed by atoms with van der Waals surface area (Å²) in [4.78, 5) is 13.2. The lowest BCUT2D eigenvalue weighted by atomic mass is 9.95. The van der Waals surface area contributed by atoms with Crippen LogP contribution < -0.4 is 0 Å². The van der Waals surface area contributed by atoms with Gasteiger partial charge in [-0.2, -0.15) is 0 Å². The lowest BCUT2D eigenvalue weighted by Crippen LogP contribution is -2.61. The average Bonchev–Trinajstić information content (AvgIpc) is 3.18. The molecule has 1 fully saturated rings. The predicted octanol–water partition coefficient (Wildman–Crippen LogP) is 0.275. The number of halogens is 2. The maximum absolute atomic E-state index is 13.5. The molecular weight excluding hydrogens is 407 g/mol. The van der Waals surface area contributed by atoms with Crippen LogP contribution in [-0.2, 0) is 9.53 Å². The van der Waals surface area contributed by atoms with Crippen molar-refractivity contribution < 1.29 is 29.2 Å². The molecule has 11 heteroatoms. The molecule has 29 heavy (non-hydrogen) atoms. The fraction of sp³-hybridized carbons (Fsp3) is 0.389. The molecular formula is C18H20ClFN4O5. The first-order valence-electron chi connectivity index (χ1n) is 8.71. The summed E-state index contributed by atoms with van der Waals surface area (Å²) in [5.41, 5.74) is 1.80. The molecule has 5 atom stereocenters. The number of aromatic nitrogens is 3. The van der Waals surface area contributed by atoms with Crippen LogP contribution in [0.5, 0.6) is 0 Å². The number of carbonyl (C=O) groups excluding carboxylic acids is 1. The van der Waals surface area contributed by atoms with Crippen molar-refractivity contribution in [1.29, 1.82) is 0 Å². The zero-order valence-corrected chi connectivity index (χ0v) is 16.1. The Morgan fingerprint density at radius 1 is 1.41 bits per heavy atom. The van der Waals surface area contributed by atoms with Crippen molar-refractivity contribution in [2.24, 2.45) is 0 Å². The van der Waals surface area contributed by atoms with Gasteiger partial charge in [0.05, 0.1) is 12.8 Å². The summed E-state index contributed by atoms with van der Waals surface area (Å²) in [6.45, 7) is -0.556. The third-order valence-corrected chi connectivity index (χ3v) is 4.86. The minimum Gasteiger partial charge on any atom is -0.394 e. The number of ether oxygens (including phenoxy) is 1. The molecule has 0 aliphatic carbocycles. The topological polar surface area (TPSA) is 121 Å². The van der Waals surface area contributed by atoms with Gasteiger partial charge in [0.15, 0.2) is 6.23 Å². The Morgan fingerprint density at radius 3 is 2.83 bits per heavy atom. The van der Waals surface area contributed by atoms with E-state index in [4.69, 9.17) is 16.3 Å². The second-order valence-corrected chi connectivity index (χ2v) is 6.81. The first kappa shape index (κ1) is 21.3. The summed E-state index contributed by atoms with van der Waals surface area (Å²) in [5.74, 6) is -0.994. The minimum absolute atomic E-state index is 0.321. The van der Waals surface area contributed by atoms with Crippen LogP contribution in [-0.4, -0.2) is 79.3 Å². The Morgan fingerprint density at radius 2 is 2.17 bits per heavy atom. The number of carbonyl (C=O) groups is 1. The van der Waals surface area contributed by atoms with Gasteiger partial charge in [0, 0.05) is 24.2 Å². The highest BCUT2D eigenvalue weighted by Gasteiger charge is 2.48. The van der Waals surface area contributed by atoms with Gasteiger partial charge in [0.25, 0.3) is 0 Å². The number of nitrogens with zero attached hydrogens (tertiary/aromatic N) is 4. The van der Waals surface area contributed by atoms with Gasteiger partial charge in [-0.1, -0.05) is 28.9 Å². The second kappa shape index (κ2) is 8.97. The van der Waals surface area contributed by atoms with Crippen molar-refractivity contribution in [3.05, 3.63) is 47.9 Å². The van der Waals surface area contributed by atoms with E-state index in [1.807, 2.05) is 0 Å². The van der Waals surface area contributed by atoms with Gasteiger partial charge in [-0.3, -0.25) is 4.79 Å². The molecule has 156 valence electrons. The van der Waals surface area contributed by atoms with Crippen molar-refractivity contribution in [3.8, 4) is 11.3 Å². The van der Waals surface area contributed by atoms with E-state index in [1.54, 1.807) is 6.07 Å². The fourth-order valence-electron chi connectivity index (χ4n) is 3.21.